The van der Waals surface area contributed by atoms with Gasteiger partial charge in [-0.25, -0.2) is 0 Å². The third-order valence-corrected chi connectivity index (χ3v) is 0.736. The Morgan fingerprint density at radius 2 is 2.25 bits per heavy atom. The molecule has 0 spiro atoms. The molecule has 0 bridgehead atoms. The molecular weight excluding hydrogens is 102 g/mol. The lowest BCUT2D eigenvalue weighted by atomic mass is 10.6. The maximum atomic E-state index is 4.83. The van der Waals surface area contributed by atoms with Gasteiger partial charge in [0.15, 0.2) is 0 Å². The number of allylic oxidation sites excluding steroid dienone is 1. The second-order valence-corrected chi connectivity index (χ2v) is 1.66. The molecule has 0 aromatic carbocycles. The molecule has 0 heterocycles. The number of hydrogen-bond donors (Lipinski definition) is 0. The van der Waals surface area contributed by atoms with E-state index in [9.17, 15) is 0 Å². The van der Waals surface area contributed by atoms with E-state index in [1.54, 1.807) is 7.11 Å². The summed E-state index contributed by atoms with van der Waals surface area (Å²) < 4.78 is 4.83. The number of ether oxygens (including phenoxy) is 1. The molecule has 2 nitrogen and oxygen atoms in total. The summed E-state index contributed by atoms with van der Waals surface area (Å²) >= 11 is 0. The van der Waals surface area contributed by atoms with E-state index in [0.717, 1.165) is 0 Å². The van der Waals surface area contributed by atoms with Crippen LogP contribution in [0.3, 0.4) is 0 Å². The van der Waals surface area contributed by atoms with Crippen LogP contribution in [0.1, 0.15) is 6.92 Å². The molecule has 0 N–H and O–H groups in total. The first kappa shape index (κ1) is 7.50. The summed E-state index contributed by atoms with van der Waals surface area (Å²) in [4.78, 5) is 1.96. The smallest absolute Gasteiger partial charge is 0.117 e. The predicted molar refractivity (Wildman–Crippen MR) is 34.5 cm³/mol. The average Bonchev–Trinajstić information content (AvgIpc) is 1.68. The fourth-order valence-electron chi connectivity index (χ4n) is 0.501. The Morgan fingerprint density at radius 3 is 2.62 bits per heavy atom. The van der Waals surface area contributed by atoms with Crippen molar-refractivity contribution in [3.8, 4) is 0 Å². The van der Waals surface area contributed by atoms with Gasteiger partial charge in [0.25, 0.3) is 0 Å². The molecule has 8 heavy (non-hydrogen) atoms. The van der Waals surface area contributed by atoms with Crippen molar-refractivity contribution in [2.75, 3.05) is 20.9 Å². The van der Waals surface area contributed by atoms with Crippen molar-refractivity contribution in [3.63, 3.8) is 0 Å². The quantitative estimate of drug-likeness (QED) is 0.510. The maximum absolute atomic E-state index is 4.83. The first-order valence-electron chi connectivity index (χ1n) is 2.63. The summed E-state index contributed by atoms with van der Waals surface area (Å²) in [5.74, 6) is 0. The molecule has 0 amide bonds. The van der Waals surface area contributed by atoms with Gasteiger partial charge in [0.05, 0.1) is 0 Å². The molecule has 0 aliphatic heterocycles. The Hall–Kier alpha value is -0.500. The van der Waals surface area contributed by atoms with E-state index in [1.807, 2.05) is 31.1 Å². The molecule has 0 aliphatic carbocycles. The molecular formula is C6H13NO. The number of nitrogens with zero attached hydrogens (tertiary/aromatic N) is 1. The Morgan fingerprint density at radius 1 is 1.62 bits per heavy atom. The van der Waals surface area contributed by atoms with E-state index in [4.69, 9.17) is 4.74 Å². The zero-order valence-electron chi connectivity index (χ0n) is 5.72. The van der Waals surface area contributed by atoms with Crippen molar-refractivity contribution in [2.24, 2.45) is 0 Å². The van der Waals surface area contributed by atoms with Crippen molar-refractivity contribution >= 4 is 0 Å². The molecule has 0 rings (SSSR count). The van der Waals surface area contributed by atoms with Gasteiger partial charge in [0, 0.05) is 14.2 Å². The predicted octanol–water partition coefficient (Wildman–Crippen LogP) is 1.06. The zero-order chi connectivity index (χ0) is 6.41. The van der Waals surface area contributed by atoms with Crippen LogP contribution in [0.15, 0.2) is 12.3 Å². The largest absolute Gasteiger partial charge is 0.364 e. The van der Waals surface area contributed by atoms with E-state index in [1.165, 1.54) is 0 Å². The molecule has 0 aromatic heterocycles. The minimum absolute atomic E-state index is 0.657. The fourth-order valence-corrected chi connectivity index (χ4v) is 0.501. The van der Waals surface area contributed by atoms with Crippen molar-refractivity contribution in [1.29, 1.82) is 0 Å². The lowest BCUT2D eigenvalue weighted by Crippen LogP contribution is -2.12. The van der Waals surface area contributed by atoms with Crippen LogP contribution in [0.2, 0.25) is 0 Å². The molecule has 2 heteroatoms. The third kappa shape index (κ3) is 3.68. The van der Waals surface area contributed by atoms with Crippen molar-refractivity contribution in [3.05, 3.63) is 12.3 Å². The zero-order valence-corrected chi connectivity index (χ0v) is 5.72. The summed E-state index contributed by atoms with van der Waals surface area (Å²) in [5, 5.41) is 0. The highest BCUT2D eigenvalue weighted by Crippen LogP contribution is 1.81. The first-order chi connectivity index (χ1) is 3.81. The summed E-state index contributed by atoms with van der Waals surface area (Å²) in [5.41, 5.74) is 0. The lowest BCUT2D eigenvalue weighted by Gasteiger charge is -2.10. The minimum Gasteiger partial charge on any atom is -0.364 e. The summed E-state index contributed by atoms with van der Waals surface area (Å²) in [6.07, 6.45) is 3.93. The molecule has 0 fully saturated rings. The van der Waals surface area contributed by atoms with Gasteiger partial charge >= 0.3 is 0 Å². The van der Waals surface area contributed by atoms with Crippen LogP contribution in [0.25, 0.3) is 0 Å². The topological polar surface area (TPSA) is 12.5 Å². The van der Waals surface area contributed by atoms with Gasteiger partial charge in [-0.3, -0.25) is 0 Å². The molecule has 0 atom stereocenters. The van der Waals surface area contributed by atoms with E-state index in [-0.39, 0.29) is 0 Å². The van der Waals surface area contributed by atoms with Crippen LogP contribution in [0.5, 0.6) is 0 Å². The molecule has 0 saturated carbocycles. The number of hydrogen-bond acceptors (Lipinski definition) is 2. The third-order valence-electron chi connectivity index (χ3n) is 0.736. The Kier molecular flexibility index (Phi) is 4.36. The highest BCUT2D eigenvalue weighted by molar-refractivity contribution is 4.73. The summed E-state index contributed by atoms with van der Waals surface area (Å²) in [6.45, 7) is 2.64. The van der Waals surface area contributed by atoms with Crippen molar-refractivity contribution in [1.82, 2.24) is 4.90 Å². The molecule has 48 valence electrons. The number of rotatable bonds is 3. The van der Waals surface area contributed by atoms with Crippen LogP contribution in [0, 0.1) is 0 Å². The second-order valence-electron chi connectivity index (χ2n) is 1.66. The van der Waals surface area contributed by atoms with Crippen molar-refractivity contribution in [2.45, 2.75) is 6.92 Å². The normalized spacial score (nSPS) is 10.4. The van der Waals surface area contributed by atoms with E-state index < -0.39 is 0 Å². The molecule has 0 saturated heterocycles. The molecule has 0 aromatic rings. The summed E-state index contributed by atoms with van der Waals surface area (Å²) in [7, 11) is 3.64. The summed E-state index contributed by atoms with van der Waals surface area (Å²) in [6, 6.07) is 0. The number of methoxy groups -OCH3 is 1. The van der Waals surface area contributed by atoms with E-state index in [0.29, 0.717) is 6.73 Å². The van der Waals surface area contributed by atoms with E-state index in [2.05, 4.69) is 0 Å². The Balaban J connectivity index is 3.17. The molecule has 0 unspecified atom stereocenters. The van der Waals surface area contributed by atoms with Crippen LogP contribution < -0.4 is 0 Å². The monoisotopic (exact) mass is 115 g/mol. The van der Waals surface area contributed by atoms with Gasteiger partial charge in [0.2, 0.25) is 0 Å². The molecule has 0 aliphatic rings. The van der Waals surface area contributed by atoms with Crippen molar-refractivity contribution < 1.29 is 4.74 Å². The SMILES string of the molecule is C/C=C\N(C)COC. The van der Waals surface area contributed by atoms with Crippen LogP contribution >= 0.6 is 0 Å². The average molecular weight is 115 g/mol. The van der Waals surface area contributed by atoms with Gasteiger partial charge in [-0.1, -0.05) is 6.08 Å². The highest BCUT2D eigenvalue weighted by atomic mass is 16.5. The Labute approximate surface area is 50.7 Å². The van der Waals surface area contributed by atoms with Gasteiger partial charge < -0.3 is 9.64 Å². The fraction of sp³-hybridized carbons (Fsp3) is 0.667. The van der Waals surface area contributed by atoms with Crippen LogP contribution in [-0.4, -0.2) is 25.8 Å². The standard InChI is InChI=1S/C6H13NO/c1-4-5-7(2)6-8-3/h4-5H,6H2,1-3H3/b5-4-. The second kappa shape index (κ2) is 4.65. The minimum atomic E-state index is 0.657. The first-order valence-corrected chi connectivity index (χ1v) is 2.63. The highest BCUT2D eigenvalue weighted by Gasteiger charge is 1.82. The van der Waals surface area contributed by atoms with Crippen LogP contribution in [0.4, 0.5) is 0 Å². The molecule has 0 radical (unpaired) electrons. The van der Waals surface area contributed by atoms with Crippen LogP contribution in [-0.2, 0) is 4.74 Å². The Bertz CT molecular complexity index is 70.9. The van der Waals surface area contributed by atoms with Gasteiger partial charge in [-0.05, 0) is 13.1 Å². The van der Waals surface area contributed by atoms with Gasteiger partial charge in [0.1, 0.15) is 6.73 Å². The van der Waals surface area contributed by atoms with E-state index >= 15 is 0 Å². The van der Waals surface area contributed by atoms with Gasteiger partial charge in [-0.2, -0.15) is 0 Å². The van der Waals surface area contributed by atoms with Gasteiger partial charge in [-0.15, -0.1) is 0 Å². The maximum Gasteiger partial charge on any atom is 0.117 e. The lowest BCUT2D eigenvalue weighted by molar-refractivity contribution is 0.112.